The van der Waals surface area contributed by atoms with Crippen LogP contribution in [0.3, 0.4) is 0 Å². The van der Waals surface area contributed by atoms with Crippen molar-refractivity contribution in [2.24, 2.45) is 39.4 Å². The van der Waals surface area contributed by atoms with E-state index in [-0.39, 0.29) is 70.7 Å². The van der Waals surface area contributed by atoms with E-state index in [1.165, 1.54) is 13.8 Å². The predicted octanol–water partition coefficient (Wildman–Crippen LogP) is 4.83. The number of ether oxygens (including phenoxy) is 5. The van der Waals surface area contributed by atoms with E-state index in [0.717, 1.165) is 37.7 Å². The van der Waals surface area contributed by atoms with Crippen molar-refractivity contribution in [3.63, 3.8) is 0 Å². The van der Waals surface area contributed by atoms with Gasteiger partial charge in [-0.25, -0.2) is 4.79 Å². The number of hydrogen-bond donors (Lipinski definition) is 0. The Hall–Kier alpha value is -2.42. The van der Waals surface area contributed by atoms with Crippen LogP contribution in [0.4, 0.5) is 0 Å². The highest BCUT2D eigenvalue weighted by Crippen LogP contribution is 2.90. The fourth-order valence-corrected chi connectivity index (χ4v) is 12.0. The van der Waals surface area contributed by atoms with Gasteiger partial charge in [-0.3, -0.25) is 14.4 Å². The first-order chi connectivity index (χ1) is 19.9. The van der Waals surface area contributed by atoms with E-state index >= 15 is 0 Å². The Morgan fingerprint density at radius 1 is 0.884 bits per heavy atom. The Kier molecular flexibility index (Phi) is 5.89. The lowest BCUT2D eigenvalue weighted by Crippen LogP contribution is -2.67. The number of carbonyl (C=O) groups is 4. The largest absolute Gasteiger partial charge is 0.462 e. The maximum absolute atomic E-state index is 13.3. The van der Waals surface area contributed by atoms with Gasteiger partial charge in [0.25, 0.3) is 0 Å². The molecule has 3 aliphatic heterocycles. The second-order valence-electron chi connectivity index (χ2n) is 16.1. The summed E-state index contributed by atoms with van der Waals surface area (Å²) in [5, 5.41) is 0. The van der Waals surface area contributed by atoms with Gasteiger partial charge in [-0.2, -0.15) is 0 Å². The molecule has 2 saturated heterocycles. The first-order valence-corrected chi connectivity index (χ1v) is 16.1. The third kappa shape index (κ3) is 3.66. The predicted molar refractivity (Wildman–Crippen MR) is 152 cm³/mol. The number of cyclic esters (lactones) is 2. The molecule has 0 unspecified atom stereocenters. The van der Waals surface area contributed by atoms with Crippen molar-refractivity contribution in [1.29, 1.82) is 0 Å². The molecule has 0 radical (unpaired) electrons. The Labute approximate surface area is 253 Å². The number of epoxide rings is 1. The van der Waals surface area contributed by atoms with Crippen LogP contribution in [0.2, 0.25) is 0 Å². The maximum atomic E-state index is 13.3. The van der Waals surface area contributed by atoms with Crippen LogP contribution in [-0.4, -0.2) is 59.5 Å². The molecule has 236 valence electrons. The molecule has 0 N–H and O–H groups in total. The van der Waals surface area contributed by atoms with Crippen molar-refractivity contribution in [3.05, 3.63) is 11.6 Å². The average molecular weight is 599 g/mol. The summed E-state index contributed by atoms with van der Waals surface area (Å²) in [5.74, 6) is -1.48. The summed E-state index contributed by atoms with van der Waals surface area (Å²) in [6.45, 7) is 15.2. The van der Waals surface area contributed by atoms with E-state index in [2.05, 4.69) is 13.8 Å². The molecule has 0 amide bonds. The van der Waals surface area contributed by atoms with Gasteiger partial charge in [0.05, 0.1) is 12.0 Å². The average Bonchev–Trinajstić information content (AvgIpc) is 3.64. The van der Waals surface area contributed by atoms with Crippen LogP contribution in [0.15, 0.2) is 11.6 Å². The van der Waals surface area contributed by atoms with Gasteiger partial charge < -0.3 is 23.7 Å². The highest BCUT2D eigenvalue weighted by molar-refractivity contribution is 5.92. The van der Waals surface area contributed by atoms with Crippen molar-refractivity contribution < 1.29 is 42.9 Å². The zero-order valence-electron chi connectivity index (χ0n) is 26.7. The quantitative estimate of drug-likeness (QED) is 0.255. The Balaban J connectivity index is 1.31. The van der Waals surface area contributed by atoms with E-state index in [9.17, 15) is 19.2 Å². The molecule has 3 heterocycles. The number of esters is 4. The van der Waals surface area contributed by atoms with Crippen LogP contribution >= 0.6 is 0 Å². The molecule has 0 aromatic rings. The van der Waals surface area contributed by atoms with Crippen molar-refractivity contribution in [3.8, 4) is 0 Å². The number of hydrogen-bond acceptors (Lipinski definition) is 9. The second kappa shape index (κ2) is 8.64. The third-order valence-corrected chi connectivity index (χ3v) is 13.7. The number of fused-ring (bicyclic) bond motifs is 3. The van der Waals surface area contributed by atoms with Crippen molar-refractivity contribution in [2.75, 3.05) is 0 Å². The van der Waals surface area contributed by atoms with Crippen LogP contribution in [-0.2, 0) is 42.9 Å². The highest BCUT2D eigenvalue weighted by atomic mass is 16.6. The fraction of sp³-hybridized carbons (Fsp3) is 0.824. The van der Waals surface area contributed by atoms with Crippen molar-refractivity contribution in [2.45, 2.75) is 136 Å². The van der Waals surface area contributed by atoms with E-state index in [1.54, 1.807) is 0 Å². The molecule has 0 bridgehead atoms. The van der Waals surface area contributed by atoms with E-state index < -0.39 is 34.6 Å². The molecule has 0 aromatic heterocycles. The summed E-state index contributed by atoms with van der Waals surface area (Å²) in [6, 6.07) is 0. The lowest BCUT2D eigenvalue weighted by atomic mass is 9.40. The molecule has 7 rings (SSSR count). The van der Waals surface area contributed by atoms with Crippen LogP contribution in [0.1, 0.15) is 100 Å². The third-order valence-electron chi connectivity index (χ3n) is 13.7. The van der Waals surface area contributed by atoms with Crippen LogP contribution in [0, 0.1) is 39.4 Å². The SMILES string of the molecule is CC(=O)O[C@H]1CC(=O)OC(C)(C)[C@@H]2C[C@@H](OC(C)=O)[C@]3(C)[C@H](CC[C@]45C[C@@]43CC[C@H]5C3=C[C@@H]([C@H]4OC4(C)C)OC3=O)[C@@]12C. The van der Waals surface area contributed by atoms with Crippen molar-refractivity contribution in [1.82, 2.24) is 0 Å². The standard InChI is InChI=1S/C34H46O9/c1-17(35)39-24-15-26(37)42-29(3,4)23-14-25(40-18(2)36)32(8)22(31(23,24)7)10-11-33-16-34(32,33)12-9-20(33)19-13-21(41-28(19)38)27-30(5,6)43-27/h13,20-25,27H,9-12,14-16H2,1-8H3/t20-,21-,22+,23-,24-,25+,27+,31+,32-,33+,34+/m0/s1. The number of carbonyl (C=O) groups excluding carboxylic acids is 4. The molecular weight excluding hydrogens is 552 g/mol. The minimum absolute atomic E-state index is 0.00128. The fourth-order valence-electron chi connectivity index (χ4n) is 12.0. The molecule has 43 heavy (non-hydrogen) atoms. The normalized spacial score (nSPS) is 50.0. The topological polar surface area (TPSA) is 118 Å². The van der Waals surface area contributed by atoms with Crippen molar-refractivity contribution >= 4 is 23.9 Å². The minimum atomic E-state index is -0.847. The summed E-state index contributed by atoms with van der Waals surface area (Å²) < 4.78 is 30.0. The first kappa shape index (κ1) is 29.3. The van der Waals surface area contributed by atoms with Gasteiger partial charge in [0.1, 0.15) is 23.9 Å². The molecule has 0 aromatic carbocycles. The van der Waals surface area contributed by atoms with Gasteiger partial charge >= 0.3 is 23.9 Å². The van der Waals surface area contributed by atoms with Gasteiger partial charge in [-0.15, -0.1) is 0 Å². The zero-order valence-corrected chi connectivity index (χ0v) is 26.7. The van der Waals surface area contributed by atoms with Gasteiger partial charge in [0.15, 0.2) is 6.10 Å². The highest BCUT2D eigenvalue weighted by Gasteiger charge is 2.87. The molecule has 4 saturated carbocycles. The second-order valence-corrected chi connectivity index (χ2v) is 16.1. The maximum Gasteiger partial charge on any atom is 0.334 e. The molecule has 11 atom stereocenters. The van der Waals surface area contributed by atoms with E-state index in [1.807, 2.05) is 33.8 Å². The van der Waals surface area contributed by atoms with Crippen LogP contribution in [0.25, 0.3) is 0 Å². The molecule has 6 fully saturated rings. The van der Waals surface area contributed by atoms with E-state index in [0.29, 0.717) is 6.42 Å². The first-order valence-electron chi connectivity index (χ1n) is 16.1. The molecule has 7 aliphatic rings. The Morgan fingerprint density at radius 2 is 1.53 bits per heavy atom. The molecule has 9 nitrogen and oxygen atoms in total. The smallest absolute Gasteiger partial charge is 0.334 e. The van der Waals surface area contributed by atoms with Crippen LogP contribution in [0.5, 0.6) is 0 Å². The van der Waals surface area contributed by atoms with E-state index in [4.69, 9.17) is 23.7 Å². The lowest BCUT2D eigenvalue weighted by molar-refractivity contribution is -0.251. The molecule has 9 heteroatoms. The minimum Gasteiger partial charge on any atom is -0.462 e. The van der Waals surface area contributed by atoms with Gasteiger partial charge in [0.2, 0.25) is 0 Å². The van der Waals surface area contributed by atoms with Gasteiger partial charge in [-0.1, -0.05) is 13.8 Å². The Bertz CT molecular complexity index is 1350. The van der Waals surface area contributed by atoms with Gasteiger partial charge in [0, 0.05) is 36.2 Å². The summed E-state index contributed by atoms with van der Waals surface area (Å²) in [7, 11) is 0. The zero-order chi connectivity index (χ0) is 31.1. The summed E-state index contributed by atoms with van der Waals surface area (Å²) in [4.78, 5) is 51.6. The summed E-state index contributed by atoms with van der Waals surface area (Å²) in [5.41, 5.74) is -1.65. The van der Waals surface area contributed by atoms with Crippen LogP contribution < -0.4 is 0 Å². The Morgan fingerprint density at radius 3 is 2.16 bits per heavy atom. The lowest BCUT2D eigenvalue weighted by Gasteiger charge is -2.66. The molecule has 0 spiro atoms. The molecule has 4 aliphatic carbocycles. The molecular formula is C34H46O9. The summed E-state index contributed by atoms with van der Waals surface area (Å²) >= 11 is 0. The monoisotopic (exact) mass is 598 g/mol. The van der Waals surface area contributed by atoms with Gasteiger partial charge in [-0.05, 0) is 95.0 Å². The summed E-state index contributed by atoms with van der Waals surface area (Å²) in [6.07, 6.45) is 5.48. The number of rotatable bonds is 4.